The number of carbonyl (C=O) groups is 2. The molecule has 0 aliphatic carbocycles. The minimum Gasteiger partial charge on any atom is -0.497 e. The fourth-order valence-electron chi connectivity index (χ4n) is 10.6. The van der Waals surface area contributed by atoms with Crippen molar-refractivity contribution in [2.24, 2.45) is 5.41 Å². The van der Waals surface area contributed by atoms with Gasteiger partial charge in [0.1, 0.15) is 34.6 Å². The van der Waals surface area contributed by atoms with Crippen LogP contribution in [0.25, 0.3) is 0 Å². The van der Waals surface area contributed by atoms with E-state index in [4.69, 9.17) is 37.5 Å². The number of hydrogen-bond donors (Lipinski definition) is 2. The zero-order valence-corrected chi connectivity index (χ0v) is 48.3. The van der Waals surface area contributed by atoms with E-state index < -0.39 is 66.8 Å². The average molecular weight is 1160 g/mol. The van der Waals surface area contributed by atoms with Crippen molar-refractivity contribution in [1.82, 2.24) is 14.6 Å². The van der Waals surface area contributed by atoms with Gasteiger partial charge in [-0.05, 0) is 90.0 Å². The van der Waals surface area contributed by atoms with Gasteiger partial charge >= 0.3 is 19.6 Å². The van der Waals surface area contributed by atoms with Crippen LogP contribution in [0.3, 0.4) is 0 Å². The van der Waals surface area contributed by atoms with Crippen LogP contribution in [0.5, 0.6) is 11.5 Å². The van der Waals surface area contributed by atoms with Gasteiger partial charge in [0, 0.05) is 18.5 Å². The SMILES string of the molecule is COc1ccc(C(Nc2ccn([C@@H]3O[C@H](COP(=O)(NCc4ccccc4)OCCSC(=O)C(C)(C)COC(c4ccccc4)(c4ccccc4)c4ccccc4)[C@H]4OC(=O)O[C@]43C)c(=O)n2)(c2ccccc2)c2ccc(OC)cc2)cc1. The molecule has 2 N–H and O–H groups in total. The molecule has 2 aliphatic heterocycles. The van der Waals surface area contributed by atoms with Gasteiger partial charge in [-0.25, -0.2) is 19.2 Å². The first-order valence-corrected chi connectivity index (χ1v) is 29.7. The molecule has 83 heavy (non-hydrogen) atoms. The second-order valence-electron chi connectivity index (χ2n) is 20.8. The maximum atomic E-state index is 14.8. The van der Waals surface area contributed by atoms with Gasteiger partial charge in [0.2, 0.25) is 0 Å². The smallest absolute Gasteiger partial charge is 0.497 e. The summed E-state index contributed by atoms with van der Waals surface area (Å²) in [6.07, 6.45) is -2.98. The van der Waals surface area contributed by atoms with E-state index in [0.29, 0.717) is 11.5 Å². The Labute approximate surface area is 487 Å². The van der Waals surface area contributed by atoms with Crippen LogP contribution in [0, 0.1) is 5.41 Å². The van der Waals surface area contributed by atoms with Crippen LogP contribution >= 0.6 is 19.5 Å². The number of hydrogen-bond acceptors (Lipinski definition) is 15. The number of benzene rings is 7. The quantitative estimate of drug-likeness (QED) is 0.0238. The van der Waals surface area contributed by atoms with E-state index in [1.165, 1.54) is 10.8 Å². The van der Waals surface area contributed by atoms with Crippen molar-refractivity contribution in [1.29, 1.82) is 0 Å². The molecule has 428 valence electrons. The molecule has 1 aromatic heterocycles. The second kappa shape index (κ2) is 25.3. The summed E-state index contributed by atoms with van der Waals surface area (Å²) < 4.78 is 64.3. The summed E-state index contributed by atoms with van der Waals surface area (Å²) in [5.41, 5.74) is 0.591. The van der Waals surface area contributed by atoms with Crippen LogP contribution in [0.15, 0.2) is 217 Å². The first-order chi connectivity index (χ1) is 40.2. The van der Waals surface area contributed by atoms with Gasteiger partial charge in [-0.2, -0.15) is 4.98 Å². The summed E-state index contributed by atoms with van der Waals surface area (Å²) in [6.45, 7) is 4.83. The van der Waals surface area contributed by atoms with E-state index in [0.717, 1.165) is 50.7 Å². The highest BCUT2D eigenvalue weighted by molar-refractivity contribution is 8.13. The van der Waals surface area contributed by atoms with Crippen molar-refractivity contribution < 1.29 is 51.6 Å². The second-order valence-corrected chi connectivity index (χ2v) is 23.7. The van der Waals surface area contributed by atoms with Crippen LogP contribution in [-0.2, 0) is 55.0 Å². The normalized spacial score (nSPS) is 18.5. The number of thioether (sulfide) groups is 1. The van der Waals surface area contributed by atoms with Crippen LogP contribution in [0.2, 0.25) is 0 Å². The number of nitrogens with one attached hydrogen (secondary N) is 2. The van der Waals surface area contributed by atoms with E-state index >= 15 is 0 Å². The van der Waals surface area contributed by atoms with Gasteiger partial charge in [-0.1, -0.05) is 188 Å². The summed E-state index contributed by atoms with van der Waals surface area (Å²) in [7, 11) is -1.02. The van der Waals surface area contributed by atoms with E-state index in [1.54, 1.807) is 27.2 Å². The lowest BCUT2D eigenvalue weighted by Gasteiger charge is -2.38. The Hall–Kier alpha value is -7.86. The van der Waals surface area contributed by atoms with Crippen molar-refractivity contribution >= 4 is 36.6 Å². The molecule has 0 radical (unpaired) electrons. The Balaban J connectivity index is 0.853. The molecule has 0 bridgehead atoms. The lowest BCUT2D eigenvalue weighted by atomic mass is 9.77. The Morgan fingerprint density at radius 2 is 1.17 bits per heavy atom. The molecule has 0 spiro atoms. The Kier molecular flexibility index (Phi) is 17.8. The molecule has 7 aromatic carbocycles. The minimum absolute atomic E-state index is 0.0583. The molecule has 0 saturated carbocycles. The zero-order valence-electron chi connectivity index (χ0n) is 46.6. The van der Waals surface area contributed by atoms with Crippen molar-refractivity contribution in [3.8, 4) is 11.5 Å². The molecule has 3 heterocycles. The zero-order chi connectivity index (χ0) is 58.1. The lowest BCUT2D eigenvalue weighted by molar-refractivity contribution is -0.124. The van der Waals surface area contributed by atoms with Crippen LogP contribution < -0.4 is 25.6 Å². The topological polar surface area (TPSA) is 184 Å². The molecule has 18 heteroatoms. The first-order valence-electron chi connectivity index (χ1n) is 27.1. The molecule has 2 saturated heterocycles. The molecule has 1 unspecified atom stereocenters. The molecular weight excluding hydrogens is 1090 g/mol. The summed E-state index contributed by atoms with van der Waals surface area (Å²) in [5.74, 6) is 1.66. The Morgan fingerprint density at radius 1 is 0.675 bits per heavy atom. The summed E-state index contributed by atoms with van der Waals surface area (Å²) in [4.78, 5) is 46.2. The Bertz CT molecular complexity index is 3420. The van der Waals surface area contributed by atoms with Gasteiger partial charge in [0.25, 0.3) is 0 Å². The predicted octanol–water partition coefficient (Wildman–Crippen LogP) is 12.1. The fourth-order valence-corrected chi connectivity index (χ4v) is 12.8. The molecule has 10 rings (SSSR count). The van der Waals surface area contributed by atoms with Crippen LogP contribution in [-0.4, -0.2) is 78.4 Å². The van der Waals surface area contributed by atoms with Gasteiger partial charge in [0.05, 0.1) is 39.5 Å². The van der Waals surface area contributed by atoms with E-state index in [1.807, 2.05) is 214 Å². The highest BCUT2D eigenvalue weighted by atomic mass is 32.2. The lowest BCUT2D eigenvalue weighted by Crippen LogP contribution is -2.45. The maximum Gasteiger partial charge on any atom is 0.509 e. The molecule has 2 aliphatic rings. The molecule has 16 nitrogen and oxygen atoms in total. The molecule has 0 amide bonds. The van der Waals surface area contributed by atoms with E-state index in [2.05, 4.69) is 15.4 Å². The first kappa shape index (κ1) is 58.3. The third-order valence-electron chi connectivity index (χ3n) is 14.9. The third kappa shape index (κ3) is 12.4. The number of nitrogens with zero attached hydrogens (tertiary/aromatic N) is 2. The summed E-state index contributed by atoms with van der Waals surface area (Å²) in [6, 6.07) is 65.8. The number of rotatable bonds is 25. The molecule has 2 fully saturated rings. The van der Waals surface area contributed by atoms with Crippen molar-refractivity contribution in [3.63, 3.8) is 0 Å². The molecule has 5 atom stereocenters. The molecule has 8 aromatic rings. The monoisotopic (exact) mass is 1160 g/mol. The fraction of sp³-hybridized carbons (Fsp3) is 0.262. The standard InChI is InChI=1S/C65H65N4O12PS/c1-62(2,45-76-65(50-25-15-8-16-26-50,51-27-17-9-18-28-51)52-29-19-10-20-30-52)59(70)83-42-41-77-82(73,66-43-46-21-11-6-12-22-46)78-44-55-57-63(3,81-61(72)80-57)58(79-55)69-40-39-56(67-60(69)71)68-64(47-23-13-7-14-24-47,48-31-35-53(74-4)36-32-48)49-33-37-54(75-5)38-34-49/h6-40,55,57-58H,41-45H2,1-5H3,(H,66,73)(H,67,68,71)/t55-,57-,58-,63-,82?/m1/s1. The Morgan fingerprint density at radius 3 is 1.67 bits per heavy atom. The van der Waals surface area contributed by atoms with Gasteiger partial charge in [-0.3, -0.25) is 18.4 Å². The number of fused-ring (bicyclic) bond motifs is 1. The van der Waals surface area contributed by atoms with E-state index in [9.17, 15) is 18.9 Å². The van der Waals surface area contributed by atoms with Gasteiger partial charge in [0.15, 0.2) is 23.0 Å². The van der Waals surface area contributed by atoms with Crippen LogP contribution in [0.4, 0.5) is 10.6 Å². The molecular formula is C65H65N4O12PS. The minimum atomic E-state index is -4.23. The number of anilines is 1. The highest BCUT2D eigenvalue weighted by Gasteiger charge is 2.64. The summed E-state index contributed by atoms with van der Waals surface area (Å²) in [5, 5.41) is 6.41. The average Bonchev–Trinajstić information content (AvgIpc) is 4.04. The number of aromatic nitrogens is 2. The largest absolute Gasteiger partial charge is 0.509 e. The number of carbonyl (C=O) groups excluding carboxylic acids is 2. The van der Waals surface area contributed by atoms with Crippen molar-refractivity contribution in [2.75, 3.05) is 45.1 Å². The van der Waals surface area contributed by atoms with Gasteiger partial charge in [-0.15, -0.1) is 0 Å². The maximum absolute atomic E-state index is 14.8. The van der Waals surface area contributed by atoms with Crippen LogP contribution in [0.1, 0.15) is 65.9 Å². The van der Waals surface area contributed by atoms with Gasteiger partial charge < -0.3 is 33.7 Å². The number of ether oxygens (including phenoxy) is 6. The van der Waals surface area contributed by atoms with Crippen molar-refractivity contribution in [2.45, 2.75) is 62.5 Å². The predicted molar refractivity (Wildman–Crippen MR) is 317 cm³/mol. The number of methoxy groups -OCH3 is 2. The summed E-state index contributed by atoms with van der Waals surface area (Å²) >= 11 is 1.04. The van der Waals surface area contributed by atoms with E-state index in [-0.39, 0.29) is 36.4 Å². The highest BCUT2D eigenvalue weighted by Crippen LogP contribution is 2.50. The third-order valence-corrected chi connectivity index (χ3v) is 17.7. The van der Waals surface area contributed by atoms with Crippen molar-refractivity contribution in [3.05, 3.63) is 262 Å².